The Bertz CT molecular complexity index is 2480. The summed E-state index contributed by atoms with van der Waals surface area (Å²) in [4.78, 5) is 4.40. The molecule has 2 nitrogen and oxygen atoms in total. The Morgan fingerprint density at radius 2 is 0.519 bits per heavy atom. The van der Waals surface area contributed by atoms with Gasteiger partial charge in [0.05, 0.1) is 2.74 Å². The second kappa shape index (κ2) is 13.8. The van der Waals surface area contributed by atoms with Gasteiger partial charge in [-0.05, 0) is 117 Å². The monoisotopic (exact) mass is 668 g/mol. The van der Waals surface area contributed by atoms with Crippen LogP contribution in [-0.2, 0) is 0 Å². The Balaban J connectivity index is 1.16. The van der Waals surface area contributed by atoms with E-state index in [0.717, 1.165) is 45.3 Å². The van der Waals surface area contributed by atoms with Gasteiger partial charge in [0.25, 0.3) is 0 Å². The first-order valence-electron chi connectivity index (χ1n) is 18.6. The van der Waals surface area contributed by atoms with Crippen molar-refractivity contribution in [1.29, 1.82) is 0 Å². The Morgan fingerprint density at radius 1 is 0.250 bits per heavy atom. The van der Waals surface area contributed by atoms with Gasteiger partial charge in [0.2, 0.25) is 0 Å². The van der Waals surface area contributed by atoms with Gasteiger partial charge in [0.15, 0.2) is 0 Å². The fourth-order valence-corrected chi connectivity index (χ4v) is 7.40. The van der Waals surface area contributed by atoms with E-state index >= 15 is 0 Å². The van der Waals surface area contributed by atoms with Gasteiger partial charge in [-0.1, -0.05) is 146 Å². The van der Waals surface area contributed by atoms with Crippen LogP contribution in [0, 0.1) is 0 Å². The van der Waals surface area contributed by atoms with Crippen molar-refractivity contribution in [2.45, 2.75) is 0 Å². The van der Waals surface area contributed by atoms with Crippen LogP contribution >= 0.6 is 0 Å². The molecule has 0 amide bonds. The van der Waals surface area contributed by atoms with Crippen molar-refractivity contribution in [3.63, 3.8) is 0 Å². The molecule has 0 spiro atoms. The van der Waals surface area contributed by atoms with Crippen LogP contribution < -0.4 is 9.80 Å². The van der Waals surface area contributed by atoms with Gasteiger partial charge in [0.1, 0.15) is 0 Å². The maximum Gasteiger partial charge on any atom is 0.0623 e. The van der Waals surface area contributed by atoms with Crippen LogP contribution in [0.3, 0.4) is 0 Å². The molecule has 0 aliphatic carbocycles. The lowest BCUT2D eigenvalue weighted by molar-refractivity contribution is 1.28. The molecule has 0 aliphatic heterocycles. The van der Waals surface area contributed by atoms with Crippen molar-refractivity contribution in [3.8, 4) is 22.3 Å². The van der Waals surface area contributed by atoms with Crippen LogP contribution in [-0.4, -0.2) is 0 Å². The Morgan fingerprint density at radius 3 is 0.846 bits per heavy atom. The minimum Gasteiger partial charge on any atom is -0.311 e. The predicted octanol–water partition coefficient (Wildman–Crippen LogP) is 14.3. The van der Waals surface area contributed by atoms with Gasteiger partial charge >= 0.3 is 0 Å². The van der Waals surface area contributed by atoms with Crippen molar-refractivity contribution in [2.24, 2.45) is 0 Å². The molecule has 0 saturated carbocycles. The van der Waals surface area contributed by atoms with Gasteiger partial charge in [-0.15, -0.1) is 0 Å². The molecule has 246 valence electrons. The van der Waals surface area contributed by atoms with E-state index in [9.17, 15) is 0 Å². The number of fused-ring (bicyclic) bond motifs is 2. The molecule has 9 aromatic carbocycles. The van der Waals surface area contributed by atoms with Crippen LogP contribution in [0.5, 0.6) is 0 Å². The number of nitrogens with zero attached hydrogens (tertiary/aromatic N) is 2. The second-order valence-electron chi connectivity index (χ2n) is 12.8. The summed E-state index contributed by atoms with van der Waals surface area (Å²) in [5, 5.41) is 4.79. The molecule has 0 fully saturated rings. The molecule has 0 unspecified atom stereocenters. The van der Waals surface area contributed by atoms with E-state index in [1.54, 1.807) is 0 Å². The molecule has 0 saturated heterocycles. The van der Waals surface area contributed by atoms with Gasteiger partial charge in [-0.25, -0.2) is 0 Å². The summed E-state index contributed by atoms with van der Waals surface area (Å²) in [7, 11) is 0. The van der Waals surface area contributed by atoms with Crippen molar-refractivity contribution in [3.05, 3.63) is 218 Å². The standard InChI is InChI=1S/C50H36N2/c1-5-17-39(18-6-1)51(40-19-7-2-8-20-40)43-33-29-37(30-34-43)49-45-25-13-15-27-47(45)50(48-28-16-14-26-46(48)49)38-31-35-44(36-32-38)52(41-21-9-3-10-22-41)42-23-11-4-12-24-42/h1-36H/i5T,9T. The third-order valence-electron chi connectivity index (χ3n) is 9.69. The topological polar surface area (TPSA) is 6.48 Å². The summed E-state index contributed by atoms with van der Waals surface area (Å²) in [5.41, 5.74) is 10.7. The van der Waals surface area contributed by atoms with E-state index in [1.807, 2.05) is 72.8 Å². The first-order chi connectivity index (χ1) is 26.6. The predicted molar refractivity (Wildman–Crippen MR) is 222 cm³/mol. The zero-order chi connectivity index (χ0) is 36.4. The third-order valence-corrected chi connectivity index (χ3v) is 9.69. The average Bonchev–Trinajstić information content (AvgIpc) is 3.22. The van der Waals surface area contributed by atoms with Gasteiger partial charge in [-0.2, -0.15) is 0 Å². The van der Waals surface area contributed by atoms with Gasteiger partial charge in [0, 0.05) is 34.1 Å². The number of anilines is 6. The zero-order valence-electron chi connectivity index (χ0n) is 30.5. The molecule has 0 heterocycles. The first kappa shape index (κ1) is 28.9. The molecule has 0 bridgehead atoms. The lowest BCUT2D eigenvalue weighted by Gasteiger charge is -2.26. The number of para-hydroxylation sites is 4. The smallest absolute Gasteiger partial charge is 0.0623 e. The molecule has 9 aromatic rings. The van der Waals surface area contributed by atoms with Crippen LogP contribution in [0.25, 0.3) is 43.8 Å². The van der Waals surface area contributed by atoms with Crippen molar-refractivity contribution in [1.82, 2.24) is 0 Å². The van der Waals surface area contributed by atoms with Crippen LogP contribution in [0.4, 0.5) is 34.1 Å². The number of hydrogen-bond donors (Lipinski definition) is 0. The highest BCUT2D eigenvalue weighted by Gasteiger charge is 2.19. The van der Waals surface area contributed by atoms with Crippen LogP contribution in [0.2, 0.25) is 0 Å². The summed E-state index contributed by atoms with van der Waals surface area (Å²) in [6.07, 6.45) is 0. The summed E-state index contributed by atoms with van der Waals surface area (Å²) in [6, 6.07) is 72.1. The minimum atomic E-state index is 0.477. The fourth-order valence-electron chi connectivity index (χ4n) is 7.40. The summed E-state index contributed by atoms with van der Waals surface area (Å²) in [6.45, 7) is 0. The molecule has 0 aliphatic rings. The number of hydrogen-bond acceptors (Lipinski definition) is 2. The molecule has 0 N–H and O–H groups in total. The van der Waals surface area contributed by atoms with E-state index in [1.165, 1.54) is 32.7 Å². The Hall–Kier alpha value is -6.90. The SMILES string of the molecule is [3H]c1cccc(N(c2ccccc2)c2ccc(-c3c4ccccc4c(-c4ccc(N(c5ccccc5)c5cccc([3H])c5)cc4)c4ccccc34)cc2)c1. The maximum atomic E-state index is 8.31. The normalized spacial score (nSPS) is 11.6. The average molecular weight is 669 g/mol. The lowest BCUT2D eigenvalue weighted by atomic mass is 9.86. The van der Waals surface area contributed by atoms with Crippen LogP contribution in [0.1, 0.15) is 2.74 Å². The minimum absolute atomic E-state index is 0.477. The first-order valence-corrected chi connectivity index (χ1v) is 17.6. The molecule has 9 rings (SSSR count). The highest BCUT2D eigenvalue weighted by Crippen LogP contribution is 2.45. The lowest BCUT2D eigenvalue weighted by Crippen LogP contribution is -2.09. The van der Waals surface area contributed by atoms with E-state index in [2.05, 4.69) is 143 Å². The quantitative estimate of drug-likeness (QED) is 0.149. The van der Waals surface area contributed by atoms with Crippen molar-refractivity contribution >= 4 is 55.7 Å². The molecular weight excluding hydrogens is 629 g/mol. The fraction of sp³-hybridized carbons (Fsp3) is 0. The summed E-state index contributed by atoms with van der Waals surface area (Å²) < 4.78 is 16.6. The van der Waals surface area contributed by atoms with Crippen molar-refractivity contribution in [2.75, 3.05) is 9.80 Å². The highest BCUT2D eigenvalue weighted by atomic mass is 15.1. The Labute approximate surface area is 307 Å². The van der Waals surface area contributed by atoms with E-state index in [0.29, 0.717) is 12.1 Å². The third kappa shape index (κ3) is 5.77. The van der Waals surface area contributed by atoms with Gasteiger partial charge in [-0.3, -0.25) is 0 Å². The molecule has 52 heavy (non-hydrogen) atoms. The van der Waals surface area contributed by atoms with E-state index in [4.69, 9.17) is 2.74 Å². The molecule has 0 radical (unpaired) electrons. The Kier molecular flexibility index (Phi) is 7.66. The molecule has 0 aromatic heterocycles. The number of rotatable bonds is 8. The van der Waals surface area contributed by atoms with E-state index in [-0.39, 0.29) is 0 Å². The second-order valence-corrected chi connectivity index (χ2v) is 12.8. The van der Waals surface area contributed by atoms with Crippen LogP contribution in [0.15, 0.2) is 218 Å². The van der Waals surface area contributed by atoms with E-state index < -0.39 is 0 Å². The molecule has 2 heteroatoms. The zero-order valence-corrected chi connectivity index (χ0v) is 28.5. The maximum absolute atomic E-state index is 8.31. The molecule has 0 atom stereocenters. The largest absolute Gasteiger partial charge is 0.311 e. The molecular formula is C50H36N2. The summed E-state index contributed by atoms with van der Waals surface area (Å²) >= 11 is 0. The van der Waals surface area contributed by atoms with Crippen molar-refractivity contribution < 1.29 is 2.74 Å². The number of benzene rings is 9. The summed E-state index contributed by atoms with van der Waals surface area (Å²) in [5.74, 6) is 0. The van der Waals surface area contributed by atoms with Gasteiger partial charge < -0.3 is 9.80 Å². The highest BCUT2D eigenvalue weighted by molar-refractivity contribution is 6.21.